The predicted octanol–water partition coefficient (Wildman–Crippen LogP) is 3.31. The molecule has 0 aliphatic carbocycles. The van der Waals surface area contributed by atoms with E-state index in [-0.39, 0.29) is 12.3 Å². The maximum atomic E-state index is 12.6. The van der Waals surface area contributed by atoms with Crippen LogP contribution in [0.4, 0.5) is 0 Å². The number of carboxylic acid groups (broad SMARTS) is 1. The molecule has 0 spiro atoms. The van der Waals surface area contributed by atoms with Crippen molar-refractivity contribution in [3.63, 3.8) is 0 Å². The number of carbonyl (C=O) groups is 2. The average molecular weight is 283 g/mol. The highest BCUT2D eigenvalue weighted by Crippen LogP contribution is 2.24. The first-order valence-corrected chi connectivity index (χ1v) is 8.09. The zero-order chi connectivity index (χ0) is 15.0. The second-order valence-corrected chi connectivity index (χ2v) is 6.00. The first kappa shape index (κ1) is 17.0. The number of amides is 1. The van der Waals surface area contributed by atoms with E-state index < -0.39 is 5.97 Å². The largest absolute Gasteiger partial charge is 0.481 e. The van der Waals surface area contributed by atoms with Crippen molar-refractivity contribution in [2.45, 2.75) is 65.2 Å². The van der Waals surface area contributed by atoms with Crippen LogP contribution in [-0.4, -0.2) is 35.0 Å². The van der Waals surface area contributed by atoms with Gasteiger partial charge in [-0.2, -0.15) is 0 Å². The van der Waals surface area contributed by atoms with Crippen molar-refractivity contribution in [3.8, 4) is 0 Å². The quantitative estimate of drug-likeness (QED) is 0.743. The Morgan fingerprint density at radius 3 is 2.45 bits per heavy atom. The van der Waals surface area contributed by atoms with Gasteiger partial charge in [-0.1, -0.05) is 26.7 Å². The number of carboxylic acids is 1. The van der Waals surface area contributed by atoms with Crippen LogP contribution in [0.1, 0.15) is 65.2 Å². The number of carbonyl (C=O) groups excluding carboxylic acids is 1. The highest BCUT2D eigenvalue weighted by Gasteiger charge is 2.28. The van der Waals surface area contributed by atoms with Gasteiger partial charge in [0.2, 0.25) is 5.91 Å². The molecule has 0 aromatic heterocycles. The van der Waals surface area contributed by atoms with E-state index in [4.69, 9.17) is 5.11 Å². The number of likely N-dealkylation sites (tertiary alicyclic amines) is 1. The van der Waals surface area contributed by atoms with E-state index in [0.29, 0.717) is 18.2 Å². The van der Waals surface area contributed by atoms with Crippen LogP contribution in [-0.2, 0) is 9.59 Å². The Bertz CT molecular complexity index is 311. The van der Waals surface area contributed by atoms with Crippen LogP contribution in [0.3, 0.4) is 0 Å². The molecule has 1 fully saturated rings. The van der Waals surface area contributed by atoms with Crippen LogP contribution in [0.15, 0.2) is 0 Å². The van der Waals surface area contributed by atoms with Gasteiger partial charge in [-0.3, -0.25) is 9.59 Å². The molecule has 1 N–H and O–H groups in total. The summed E-state index contributed by atoms with van der Waals surface area (Å²) in [6.07, 6.45) is 7.04. The van der Waals surface area contributed by atoms with Gasteiger partial charge in [-0.15, -0.1) is 0 Å². The van der Waals surface area contributed by atoms with Crippen molar-refractivity contribution in [1.29, 1.82) is 0 Å². The summed E-state index contributed by atoms with van der Waals surface area (Å²) in [5.74, 6) is 0.105. The normalized spacial score (nSPS) is 19.4. The lowest BCUT2D eigenvalue weighted by atomic mass is 9.91. The van der Waals surface area contributed by atoms with E-state index in [1.54, 1.807) is 0 Å². The molecule has 1 unspecified atom stereocenters. The molecule has 1 aliphatic heterocycles. The molecule has 1 heterocycles. The van der Waals surface area contributed by atoms with Gasteiger partial charge < -0.3 is 10.0 Å². The standard InChI is InChI=1S/C16H29NO3/c1-3-6-14(7-4-2)16(20)17-11-5-8-13(12-17)9-10-15(18)19/h13-14H,3-12H2,1-2H3,(H,18,19). The lowest BCUT2D eigenvalue weighted by Crippen LogP contribution is -2.43. The fraction of sp³-hybridized carbons (Fsp3) is 0.875. The predicted molar refractivity (Wildman–Crippen MR) is 79.5 cm³/mol. The fourth-order valence-corrected chi connectivity index (χ4v) is 3.17. The number of rotatable bonds is 8. The van der Waals surface area contributed by atoms with Gasteiger partial charge in [0.1, 0.15) is 0 Å². The lowest BCUT2D eigenvalue weighted by molar-refractivity contribution is -0.138. The van der Waals surface area contributed by atoms with E-state index in [1.807, 2.05) is 4.90 Å². The molecule has 4 heteroatoms. The number of hydrogen-bond donors (Lipinski definition) is 1. The SMILES string of the molecule is CCCC(CCC)C(=O)N1CCCC(CCC(=O)O)C1. The van der Waals surface area contributed by atoms with Gasteiger partial charge in [-0.25, -0.2) is 0 Å². The summed E-state index contributed by atoms with van der Waals surface area (Å²) in [7, 11) is 0. The smallest absolute Gasteiger partial charge is 0.303 e. The molecular formula is C16H29NO3. The summed E-state index contributed by atoms with van der Waals surface area (Å²) in [6, 6.07) is 0. The van der Waals surface area contributed by atoms with Crippen LogP contribution >= 0.6 is 0 Å². The van der Waals surface area contributed by atoms with Crippen LogP contribution in [0, 0.1) is 11.8 Å². The first-order chi connectivity index (χ1) is 9.58. The van der Waals surface area contributed by atoms with Crippen LogP contribution < -0.4 is 0 Å². The van der Waals surface area contributed by atoms with Crippen LogP contribution in [0.2, 0.25) is 0 Å². The molecular weight excluding hydrogens is 254 g/mol. The number of piperidine rings is 1. The van der Waals surface area contributed by atoms with E-state index in [1.165, 1.54) is 0 Å². The summed E-state index contributed by atoms with van der Waals surface area (Å²) in [4.78, 5) is 25.2. The van der Waals surface area contributed by atoms with Crippen molar-refractivity contribution >= 4 is 11.9 Å². The van der Waals surface area contributed by atoms with Gasteiger partial charge in [0.15, 0.2) is 0 Å². The monoisotopic (exact) mass is 283 g/mol. The maximum Gasteiger partial charge on any atom is 0.303 e. The minimum absolute atomic E-state index is 0.170. The molecule has 4 nitrogen and oxygen atoms in total. The highest BCUT2D eigenvalue weighted by atomic mass is 16.4. The van der Waals surface area contributed by atoms with Gasteiger partial charge >= 0.3 is 5.97 Å². The van der Waals surface area contributed by atoms with Crippen molar-refractivity contribution in [1.82, 2.24) is 4.90 Å². The fourth-order valence-electron chi connectivity index (χ4n) is 3.17. The zero-order valence-corrected chi connectivity index (χ0v) is 12.9. The van der Waals surface area contributed by atoms with Gasteiger partial charge in [0, 0.05) is 25.4 Å². The molecule has 0 radical (unpaired) electrons. The average Bonchev–Trinajstić information content (AvgIpc) is 2.44. The van der Waals surface area contributed by atoms with Crippen molar-refractivity contribution in [2.24, 2.45) is 11.8 Å². The molecule has 1 atom stereocenters. The molecule has 116 valence electrons. The molecule has 1 amide bonds. The van der Waals surface area contributed by atoms with Crippen LogP contribution in [0.5, 0.6) is 0 Å². The van der Waals surface area contributed by atoms with Crippen molar-refractivity contribution < 1.29 is 14.7 Å². The Kier molecular flexibility index (Phi) is 7.63. The van der Waals surface area contributed by atoms with E-state index in [2.05, 4.69) is 13.8 Å². The Hall–Kier alpha value is -1.06. The Labute approximate surface area is 122 Å². The Morgan fingerprint density at radius 1 is 1.25 bits per heavy atom. The second kappa shape index (κ2) is 8.98. The van der Waals surface area contributed by atoms with Crippen LogP contribution in [0.25, 0.3) is 0 Å². The van der Waals surface area contributed by atoms with Gasteiger partial charge in [0.25, 0.3) is 0 Å². The number of aliphatic carboxylic acids is 1. The third-order valence-corrected chi connectivity index (χ3v) is 4.22. The molecule has 1 rings (SSSR count). The minimum atomic E-state index is -0.733. The van der Waals surface area contributed by atoms with Gasteiger partial charge in [0.05, 0.1) is 0 Å². The molecule has 1 saturated heterocycles. The maximum absolute atomic E-state index is 12.6. The van der Waals surface area contributed by atoms with Crippen molar-refractivity contribution in [3.05, 3.63) is 0 Å². The second-order valence-electron chi connectivity index (χ2n) is 6.00. The summed E-state index contributed by atoms with van der Waals surface area (Å²) >= 11 is 0. The molecule has 0 aromatic carbocycles. The number of hydrogen-bond acceptors (Lipinski definition) is 2. The molecule has 20 heavy (non-hydrogen) atoms. The first-order valence-electron chi connectivity index (χ1n) is 8.09. The summed E-state index contributed by atoms with van der Waals surface area (Å²) < 4.78 is 0. The lowest BCUT2D eigenvalue weighted by Gasteiger charge is -2.35. The zero-order valence-electron chi connectivity index (χ0n) is 12.9. The third-order valence-electron chi connectivity index (χ3n) is 4.22. The summed E-state index contributed by atoms with van der Waals surface area (Å²) in [5, 5.41) is 8.77. The topological polar surface area (TPSA) is 57.6 Å². The van der Waals surface area contributed by atoms with E-state index >= 15 is 0 Å². The molecule has 1 aliphatic rings. The third kappa shape index (κ3) is 5.51. The molecule has 0 aromatic rings. The molecule has 0 saturated carbocycles. The van der Waals surface area contributed by atoms with E-state index in [0.717, 1.165) is 51.6 Å². The summed E-state index contributed by atoms with van der Waals surface area (Å²) in [5.41, 5.74) is 0. The Balaban J connectivity index is 2.51. The number of nitrogens with zero attached hydrogens (tertiary/aromatic N) is 1. The van der Waals surface area contributed by atoms with E-state index in [9.17, 15) is 9.59 Å². The van der Waals surface area contributed by atoms with Crippen molar-refractivity contribution in [2.75, 3.05) is 13.1 Å². The molecule has 0 bridgehead atoms. The highest BCUT2D eigenvalue weighted by molar-refractivity contribution is 5.79. The van der Waals surface area contributed by atoms with Gasteiger partial charge in [-0.05, 0) is 38.0 Å². The minimum Gasteiger partial charge on any atom is -0.481 e. The Morgan fingerprint density at radius 2 is 1.90 bits per heavy atom. The summed E-state index contributed by atoms with van der Waals surface area (Å²) in [6.45, 7) is 5.87.